The number of H-pyrrole nitrogens is 1. The van der Waals surface area contributed by atoms with E-state index >= 15 is 0 Å². The van der Waals surface area contributed by atoms with E-state index in [0.29, 0.717) is 25.9 Å². The van der Waals surface area contributed by atoms with Crippen molar-refractivity contribution in [3.8, 4) is 0 Å². The van der Waals surface area contributed by atoms with Gasteiger partial charge in [-0.15, -0.1) is 0 Å². The fourth-order valence-corrected chi connectivity index (χ4v) is 3.70. The van der Waals surface area contributed by atoms with E-state index in [1.54, 1.807) is 12.3 Å². The highest BCUT2D eigenvalue weighted by atomic mass is 16.3. The third kappa shape index (κ3) is 4.37. The molecular weight excluding hydrogens is 384 g/mol. The highest BCUT2D eigenvalue weighted by molar-refractivity contribution is 6.04. The van der Waals surface area contributed by atoms with E-state index in [9.17, 15) is 14.4 Å². The van der Waals surface area contributed by atoms with Gasteiger partial charge in [0.25, 0.3) is 5.91 Å². The van der Waals surface area contributed by atoms with Crippen LogP contribution in [0.1, 0.15) is 24.2 Å². The zero-order chi connectivity index (χ0) is 20.9. The number of carbonyl (C=O) groups is 3. The van der Waals surface area contributed by atoms with E-state index in [0.717, 1.165) is 22.2 Å². The maximum Gasteiger partial charge on any atom is 0.324 e. The number of urea groups is 1. The van der Waals surface area contributed by atoms with Gasteiger partial charge in [-0.2, -0.15) is 0 Å². The third-order valence-electron chi connectivity index (χ3n) is 5.32. The Hall–Kier alpha value is -3.55. The van der Waals surface area contributed by atoms with E-state index in [2.05, 4.69) is 15.6 Å². The van der Waals surface area contributed by atoms with Crippen molar-refractivity contribution in [1.82, 2.24) is 20.5 Å². The lowest BCUT2D eigenvalue weighted by Gasteiger charge is -2.12. The minimum absolute atomic E-state index is 0.152. The molecule has 1 aromatic carbocycles. The van der Waals surface area contributed by atoms with E-state index in [1.165, 1.54) is 4.90 Å². The van der Waals surface area contributed by atoms with Gasteiger partial charge in [0.05, 0.1) is 6.26 Å². The Balaban J connectivity index is 1.23. The van der Waals surface area contributed by atoms with Gasteiger partial charge in [-0.05, 0) is 36.6 Å². The van der Waals surface area contributed by atoms with Crippen molar-refractivity contribution in [1.29, 1.82) is 0 Å². The molecule has 8 heteroatoms. The second kappa shape index (κ2) is 8.86. The van der Waals surface area contributed by atoms with Crippen molar-refractivity contribution < 1.29 is 18.8 Å². The van der Waals surface area contributed by atoms with E-state index in [-0.39, 0.29) is 24.7 Å². The second-order valence-corrected chi connectivity index (χ2v) is 7.32. The molecule has 0 saturated carbocycles. The van der Waals surface area contributed by atoms with Crippen LogP contribution < -0.4 is 10.6 Å². The molecule has 0 bridgehead atoms. The molecule has 0 unspecified atom stereocenters. The van der Waals surface area contributed by atoms with Gasteiger partial charge in [-0.3, -0.25) is 14.5 Å². The summed E-state index contributed by atoms with van der Waals surface area (Å²) in [5.74, 6) is 0.378. The number of aromatic nitrogens is 1. The number of furan rings is 1. The average Bonchev–Trinajstić information content (AvgIpc) is 3.46. The lowest BCUT2D eigenvalue weighted by molar-refractivity contribution is -0.127. The maximum absolute atomic E-state index is 12.6. The predicted molar refractivity (Wildman–Crippen MR) is 111 cm³/mol. The Morgan fingerprint density at radius 3 is 2.83 bits per heavy atom. The molecule has 3 heterocycles. The zero-order valence-corrected chi connectivity index (χ0v) is 16.5. The highest BCUT2D eigenvalue weighted by Gasteiger charge is 2.37. The quantitative estimate of drug-likeness (QED) is 0.473. The average molecular weight is 408 g/mol. The molecule has 4 amide bonds. The molecule has 1 aliphatic heterocycles. The standard InChI is InChI=1S/C22H24N4O4/c27-20(23-11-9-16-4-3-13-30-16)8-7-19-21(28)26(22(29)25-19)12-10-15-14-24-18-6-2-1-5-17(15)18/h1-6,13-14,19,24H,7-12H2,(H,23,27)(H,25,29)/t19-/m1/s1. The Labute approximate surface area is 173 Å². The van der Waals surface area contributed by atoms with E-state index < -0.39 is 12.1 Å². The minimum atomic E-state index is -0.656. The lowest BCUT2D eigenvalue weighted by atomic mass is 10.1. The summed E-state index contributed by atoms with van der Waals surface area (Å²) in [5.41, 5.74) is 2.09. The number of carbonyl (C=O) groups excluding carboxylic acids is 3. The predicted octanol–water partition coefficient (Wildman–Crippen LogP) is 2.36. The molecule has 0 aliphatic carbocycles. The van der Waals surface area contributed by atoms with Gasteiger partial charge < -0.3 is 20.0 Å². The van der Waals surface area contributed by atoms with Crippen LogP contribution in [0.2, 0.25) is 0 Å². The Kier molecular flexibility index (Phi) is 5.83. The van der Waals surface area contributed by atoms with Crippen molar-refractivity contribution in [3.63, 3.8) is 0 Å². The van der Waals surface area contributed by atoms with E-state index in [1.807, 2.05) is 36.5 Å². The van der Waals surface area contributed by atoms with Crippen molar-refractivity contribution in [2.45, 2.75) is 31.7 Å². The Morgan fingerprint density at radius 1 is 1.13 bits per heavy atom. The van der Waals surface area contributed by atoms with Gasteiger partial charge in [-0.25, -0.2) is 4.79 Å². The number of para-hydroxylation sites is 1. The summed E-state index contributed by atoms with van der Waals surface area (Å²) in [5, 5.41) is 6.58. The van der Waals surface area contributed by atoms with Crippen LogP contribution in [0, 0.1) is 0 Å². The molecule has 2 aromatic heterocycles. The monoisotopic (exact) mass is 408 g/mol. The van der Waals surface area contributed by atoms with Crippen molar-refractivity contribution in [2.75, 3.05) is 13.1 Å². The summed E-state index contributed by atoms with van der Waals surface area (Å²) < 4.78 is 5.22. The van der Waals surface area contributed by atoms with E-state index in [4.69, 9.17) is 4.42 Å². The van der Waals surface area contributed by atoms with Gasteiger partial charge in [-0.1, -0.05) is 18.2 Å². The number of rotatable bonds is 9. The molecule has 8 nitrogen and oxygen atoms in total. The second-order valence-electron chi connectivity index (χ2n) is 7.32. The SMILES string of the molecule is O=C(CC[C@H]1NC(=O)N(CCc2c[nH]c3ccccc23)C1=O)NCCc1ccco1. The molecule has 1 aliphatic rings. The summed E-state index contributed by atoms with van der Waals surface area (Å²) in [7, 11) is 0. The molecule has 3 aromatic rings. The molecule has 4 rings (SSSR count). The number of aromatic amines is 1. The molecule has 0 radical (unpaired) electrons. The number of nitrogens with one attached hydrogen (secondary N) is 3. The van der Waals surface area contributed by atoms with Crippen LogP contribution in [0.15, 0.2) is 53.3 Å². The first-order valence-electron chi connectivity index (χ1n) is 10.1. The topological polar surface area (TPSA) is 107 Å². The molecule has 30 heavy (non-hydrogen) atoms. The van der Waals surface area contributed by atoms with Crippen molar-refractivity contribution >= 4 is 28.7 Å². The van der Waals surface area contributed by atoms with Gasteiger partial charge in [0, 0.05) is 43.0 Å². The number of hydrogen-bond donors (Lipinski definition) is 3. The summed E-state index contributed by atoms with van der Waals surface area (Å²) >= 11 is 0. The number of amides is 4. The molecule has 1 fully saturated rings. The van der Waals surface area contributed by atoms with Gasteiger partial charge in [0.1, 0.15) is 11.8 Å². The minimum Gasteiger partial charge on any atom is -0.469 e. The lowest BCUT2D eigenvalue weighted by Crippen LogP contribution is -2.34. The van der Waals surface area contributed by atoms with Crippen LogP contribution >= 0.6 is 0 Å². The summed E-state index contributed by atoms with van der Waals surface area (Å²) in [6.07, 6.45) is 5.14. The summed E-state index contributed by atoms with van der Waals surface area (Å²) in [6, 6.07) is 10.5. The number of hydrogen-bond acceptors (Lipinski definition) is 4. The van der Waals surface area contributed by atoms with Crippen LogP contribution in [0.5, 0.6) is 0 Å². The highest BCUT2D eigenvalue weighted by Crippen LogP contribution is 2.19. The largest absolute Gasteiger partial charge is 0.469 e. The first-order valence-corrected chi connectivity index (χ1v) is 10.1. The molecule has 1 atom stereocenters. The third-order valence-corrected chi connectivity index (χ3v) is 5.32. The smallest absolute Gasteiger partial charge is 0.324 e. The first-order chi connectivity index (χ1) is 14.6. The normalized spacial score (nSPS) is 16.3. The Bertz CT molecular complexity index is 1040. The van der Waals surface area contributed by atoms with Crippen LogP contribution in [-0.2, 0) is 22.4 Å². The molecule has 156 valence electrons. The molecule has 1 saturated heterocycles. The Morgan fingerprint density at radius 2 is 2.00 bits per heavy atom. The van der Waals surface area contributed by atoms with Gasteiger partial charge >= 0.3 is 6.03 Å². The van der Waals surface area contributed by atoms with Gasteiger partial charge in [0.2, 0.25) is 5.91 Å². The number of imide groups is 1. The van der Waals surface area contributed by atoms with Crippen LogP contribution in [0.25, 0.3) is 10.9 Å². The maximum atomic E-state index is 12.6. The fraction of sp³-hybridized carbons (Fsp3) is 0.318. The number of fused-ring (bicyclic) bond motifs is 1. The molecular formula is C22H24N4O4. The first kappa shape index (κ1) is 19.8. The molecule has 3 N–H and O–H groups in total. The van der Waals surface area contributed by atoms with Crippen molar-refractivity contribution in [2.24, 2.45) is 0 Å². The number of nitrogens with zero attached hydrogens (tertiary/aromatic N) is 1. The summed E-state index contributed by atoms with van der Waals surface area (Å²) in [4.78, 5) is 41.3. The molecule has 0 spiro atoms. The van der Waals surface area contributed by atoms with Gasteiger partial charge in [0.15, 0.2) is 0 Å². The summed E-state index contributed by atoms with van der Waals surface area (Å²) in [6.45, 7) is 0.770. The number of benzene rings is 1. The van der Waals surface area contributed by atoms with Crippen molar-refractivity contribution in [3.05, 3.63) is 60.2 Å². The zero-order valence-electron chi connectivity index (χ0n) is 16.5. The van der Waals surface area contributed by atoms with Crippen LogP contribution in [0.4, 0.5) is 4.79 Å². The fourth-order valence-electron chi connectivity index (χ4n) is 3.70. The van der Waals surface area contributed by atoms with Crippen LogP contribution in [0.3, 0.4) is 0 Å². The van der Waals surface area contributed by atoms with Crippen LogP contribution in [-0.4, -0.2) is 46.9 Å².